The molecule has 0 saturated heterocycles. The van der Waals surface area contributed by atoms with Gasteiger partial charge in [-0.15, -0.1) is 0 Å². The number of carbonyl (C=O) groups excluding carboxylic acids is 1. The van der Waals surface area contributed by atoms with E-state index in [1.165, 1.54) is 12.1 Å². The predicted molar refractivity (Wildman–Crippen MR) is 93.2 cm³/mol. The number of aromatic hydroxyl groups is 1. The molecule has 132 valence electrons. The summed E-state index contributed by atoms with van der Waals surface area (Å²) in [7, 11) is 0. The first-order valence-electron chi connectivity index (χ1n) is 7.50. The largest absolute Gasteiger partial charge is 0.508 e. The van der Waals surface area contributed by atoms with Gasteiger partial charge in [-0.3, -0.25) is 4.79 Å². The van der Waals surface area contributed by atoms with Gasteiger partial charge >= 0.3 is 5.97 Å². The summed E-state index contributed by atoms with van der Waals surface area (Å²) in [4.78, 5) is 23.2. The average molecular weight is 373 g/mol. The van der Waals surface area contributed by atoms with Crippen LogP contribution in [0.1, 0.15) is 26.4 Å². The average Bonchev–Trinajstić information content (AvgIpc) is 3.08. The van der Waals surface area contributed by atoms with E-state index in [9.17, 15) is 14.7 Å². The zero-order valence-electron chi connectivity index (χ0n) is 13.3. The van der Waals surface area contributed by atoms with E-state index in [4.69, 9.17) is 21.2 Å². The Balaban J connectivity index is 1.71. The maximum Gasteiger partial charge on any atom is 0.335 e. The molecule has 0 atom stereocenters. The molecule has 0 aliphatic heterocycles. The molecule has 0 radical (unpaired) electrons. The van der Waals surface area contributed by atoms with Gasteiger partial charge < -0.3 is 20.1 Å². The number of hydrogen-bond donors (Lipinski definition) is 3. The van der Waals surface area contributed by atoms with Gasteiger partial charge in [0.05, 0.1) is 17.1 Å². The molecule has 3 N–H and O–H groups in total. The van der Waals surface area contributed by atoms with Crippen molar-refractivity contribution in [3.63, 3.8) is 0 Å². The van der Waals surface area contributed by atoms with Crippen LogP contribution in [0.3, 0.4) is 0 Å². The first-order chi connectivity index (χ1) is 12.4. The number of aromatic nitrogens is 1. The van der Waals surface area contributed by atoms with Crippen LogP contribution in [0.2, 0.25) is 5.02 Å². The molecule has 3 aromatic rings. The minimum absolute atomic E-state index is 0.0252. The number of amides is 1. The summed E-state index contributed by atoms with van der Waals surface area (Å²) >= 11 is 6.10. The number of benzene rings is 2. The molecule has 2 aromatic carbocycles. The van der Waals surface area contributed by atoms with Crippen molar-refractivity contribution in [2.24, 2.45) is 0 Å². The molecule has 7 nitrogen and oxygen atoms in total. The zero-order chi connectivity index (χ0) is 18.7. The highest BCUT2D eigenvalue weighted by atomic mass is 35.5. The molecule has 1 aromatic heterocycles. The Morgan fingerprint density at radius 3 is 2.58 bits per heavy atom. The fraction of sp³-hybridized carbons (Fsp3) is 0.0556. The topological polar surface area (TPSA) is 113 Å². The van der Waals surface area contributed by atoms with E-state index >= 15 is 0 Å². The van der Waals surface area contributed by atoms with Crippen molar-refractivity contribution in [3.8, 4) is 17.1 Å². The predicted octanol–water partition coefficient (Wildman–Crippen LogP) is 3.33. The fourth-order valence-electron chi connectivity index (χ4n) is 2.32. The summed E-state index contributed by atoms with van der Waals surface area (Å²) in [5.41, 5.74) is 0.986. The normalized spacial score (nSPS) is 10.5. The van der Waals surface area contributed by atoms with E-state index in [0.29, 0.717) is 22.0 Å². The fourth-order valence-corrected chi connectivity index (χ4v) is 2.55. The molecule has 1 heterocycles. The minimum atomic E-state index is -1.24. The van der Waals surface area contributed by atoms with Crippen LogP contribution < -0.4 is 5.32 Å². The van der Waals surface area contributed by atoms with E-state index < -0.39 is 11.9 Å². The van der Waals surface area contributed by atoms with Gasteiger partial charge in [-0.2, -0.15) is 0 Å². The Labute approximate surface area is 152 Å². The standard InChI is InChI=1S/C18H13ClN2O5/c19-15-4-2-1-3-14(15)16-8-12(21-26-16)9-20-17(23)10-5-11(18(24)25)7-13(22)6-10/h1-8,22H,9H2,(H,20,23)(H,24,25). The highest BCUT2D eigenvalue weighted by Gasteiger charge is 2.14. The van der Waals surface area contributed by atoms with Crippen LogP contribution >= 0.6 is 11.6 Å². The number of phenols is 1. The van der Waals surface area contributed by atoms with Gasteiger partial charge in [0, 0.05) is 17.2 Å². The third kappa shape index (κ3) is 3.84. The number of nitrogens with zero attached hydrogens (tertiary/aromatic N) is 1. The number of nitrogens with one attached hydrogen (secondary N) is 1. The first-order valence-corrected chi connectivity index (χ1v) is 7.88. The Morgan fingerprint density at radius 2 is 1.85 bits per heavy atom. The highest BCUT2D eigenvalue weighted by molar-refractivity contribution is 6.33. The van der Waals surface area contributed by atoms with Gasteiger partial charge in [-0.1, -0.05) is 28.9 Å². The maximum absolute atomic E-state index is 12.2. The number of phenolic OH excluding ortho intramolecular Hbond substituents is 1. The quantitative estimate of drug-likeness (QED) is 0.633. The molecule has 0 fully saturated rings. The van der Waals surface area contributed by atoms with Crippen molar-refractivity contribution in [1.82, 2.24) is 10.5 Å². The summed E-state index contributed by atoms with van der Waals surface area (Å²) in [6.07, 6.45) is 0. The highest BCUT2D eigenvalue weighted by Crippen LogP contribution is 2.27. The minimum Gasteiger partial charge on any atom is -0.508 e. The first kappa shape index (κ1) is 17.5. The second-order valence-electron chi connectivity index (χ2n) is 5.42. The smallest absolute Gasteiger partial charge is 0.335 e. The van der Waals surface area contributed by atoms with E-state index in [2.05, 4.69) is 10.5 Å². The van der Waals surface area contributed by atoms with Crippen molar-refractivity contribution in [1.29, 1.82) is 0 Å². The van der Waals surface area contributed by atoms with E-state index in [-0.39, 0.29) is 23.4 Å². The molecule has 0 aliphatic carbocycles. The van der Waals surface area contributed by atoms with Crippen molar-refractivity contribution in [3.05, 3.63) is 70.4 Å². The van der Waals surface area contributed by atoms with Crippen LogP contribution in [0, 0.1) is 0 Å². The van der Waals surface area contributed by atoms with Crippen molar-refractivity contribution >= 4 is 23.5 Å². The number of hydrogen-bond acceptors (Lipinski definition) is 5. The van der Waals surface area contributed by atoms with E-state index in [1.807, 2.05) is 6.07 Å². The van der Waals surface area contributed by atoms with Crippen LogP contribution in [0.4, 0.5) is 0 Å². The number of carboxylic acid groups (broad SMARTS) is 1. The summed E-state index contributed by atoms with van der Waals surface area (Å²) < 4.78 is 5.24. The number of halogens is 1. The van der Waals surface area contributed by atoms with Crippen LogP contribution in [0.5, 0.6) is 5.75 Å². The Kier molecular flexibility index (Phi) is 4.90. The lowest BCUT2D eigenvalue weighted by atomic mass is 10.1. The summed E-state index contributed by atoms with van der Waals surface area (Å²) in [6, 6.07) is 12.2. The van der Waals surface area contributed by atoms with Gasteiger partial charge in [-0.25, -0.2) is 4.79 Å². The number of aromatic carboxylic acids is 1. The molecule has 0 aliphatic rings. The van der Waals surface area contributed by atoms with Gasteiger partial charge in [-0.05, 0) is 30.3 Å². The Hall–Kier alpha value is -3.32. The molecule has 0 unspecified atom stereocenters. The lowest BCUT2D eigenvalue weighted by molar-refractivity contribution is 0.0696. The Bertz CT molecular complexity index is 983. The van der Waals surface area contributed by atoms with Crippen molar-refractivity contribution in [2.75, 3.05) is 0 Å². The van der Waals surface area contributed by atoms with Crippen molar-refractivity contribution < 1.29 is 24.3 Å². The zero-order valence-corrected chi connectivity index (χ0v) is 14.0. The lowest BCUT2D eigenvalue weighted by Gasteiger charge is -2.05. The Morgan fingerprint density at radius 1 is 1.12 bits per heavy atom. The number of rotatable bonds is 5. The van der Waals surface area contributed by atoms with Gasteiger partial charge in [0.15, 0.2) is 5.76 Å². The number of carbonyl (C=O) groups is 2. The molecule has 0 bridgehead atoms. The SMILES string of the molecule is O=C(O)c1cc(O)cc(C(=O)NCc2cc(-c3ccccc3Cl)on2)c1. The van der Waals surface area contributed by atoms with Crippen LogP contribution in [0.25, 0.3) is 11.3 Å². The molecule has 26 heavy (non-hydrogen) atoms. The third-order valence-electron chi connectivity index (χ3n) is 3.56. The van der Waals surface area contributed by atoms with Crippen LogP contribution in [-0.4, -0.2) is 27.2 Å². The second kappa shape index (κ2) is 7.28. The van der Waals surface area contributed by atoms with E-state index in [1.54, 1.807) is 24.3 Å². The third-order valence-corrected chi connectivity index (χ3v) is 3.88. The molecule has 8 heteroatoms. The van der Waals surface area contributed by atoms with Crippen LogP contribution in [0.15, 0.2) is 53.1 Å². The summed E-state index contributed by atoms with van der Waals surface area (Å²) in [6.45, 7) is 0.0604. The van der Waals surface area contributed by atoms with Crippen molar-refractivity contribution in [2.45, 2.75) is 6.54 Å². The van der Waals surface area contributed by atoms with Crippen LogP contribution in [-0.2, 0) is 6.54 Å². The van der Waals surface area contributed by atoms with Gasteiger partial charge in [0.1, 0.15) is 11.4 Å². The molecule has 0 saturated carbocycles. The molecular weight excluding hydrogens is 360 g/mol. The molecule has 1 amide bonds. The second-order valence-corrected chi connectivity index (χ2v) is 5.83. The van der Waals surface area contributed by atoms with E-state index in [0.717, 1.165) is 6.07 Å². The lowest BCUT2D eigenvalue weighted by Crippen LogP contribution is -2.23. The van der Waals surface area contributed by atoms with Gasteiger partial charge in [0.25, 0.3) is 5.91 Å². The summed E-state index contributed by atoms with van der Waals surface area (Å²) in [5, 5.41) is 25.5. The monoisotopic (exact) mass is 372 g/mol. The molecular formula is C18H13ClN2O5. The maximum atomic E-state index is 12.2. The molecule has 3 rings (SSSR count). The summed E-state index contributed by atoms with van der Waals surface area (Å²) in [5.74, 6) is -1.63. The molecule has 0 spiro atoms. The van der Waals surface area contributed by atoms with Gasteiger partial charge in [0.2, 0.25) is 0 Å². The number of carboxylic acids is 1.